The summed E-state index contributed by atoms with van der Waals surface area (Å²) in [5.41, 5.74) is 0.160. The van der Waals surface area contributed by atoms with E-state index in [9.17, 15) is 9.00 Å². The Hall–Kier alpha value is -0.980. The molecule has 1 aromatic heterocycles. The van der Waals surface area contributed by atoms with Crippen LogP contribution in [0, 0.1) is 0 Å². The molecule has 2 rings (SSSR count). The van der Waals surface area contributed by atoms with Gasteiger partial charge in [0.25, 0.3) is 0 Å². The lowest BCUT2D eigenvalue weighted by atomic mass is 10.2. The number of halogens is 1. The molecule has 0 spiro atoms. The molecule has 1 unspecified atom stereocenters. The minimum Gasteiger partial charge on any atom is -0.478 e. The summed E-state index contributed by atoms with van der Waals surface area (Å²) < 4.78 is 13.1. The van der Waals surface area contributed by atoms with E-state index in [0.717, 1.165) is 9.35 Å². The summed E-state index contributed by atoms with van der Waals surface area (Å²) in [6, 6.07) is 8.17. The van der Waals surface area contributed by atoms with Crippen molar-refractivity contribution in [2.45, 2.75) is 10.6 Å². The van der Waals surface area contributed by atoms with Gasteiger partial charge in [0.2, 0.25) is 0 Å². The number of benzene rings is 1. The van der Waals surface area contributed by atoms with E-state index in [4.69, 9.17) is 5.11 Å². The van der Waals surface area contributed by atoms with Gasteiger partial charge in [-0.05, 0) is 40.2 Å². The number of carbonyl (C=O) groups is 1. The van der Waals surface area contributed by atoms with Crippen molar-refractivity contribution in [2.75, 3.05) is 0 Å². The molecule has 3 nitrogen and oxygen atoms in total. The molecule has 0 radical (unpaired) electrons. The fourth-order valence-corrected chi connectivity index (χ4v) is 4.24. The number of rotatable bonds is 4. The zero-order chi connectivity index (χ0) is 13.1. The molecule has 0 aliphatic heterocycles. The van der Waals surface area contributed by atoms with Gasteiger partial charge in [0, 0.05) is 19.6 Å². The lowest BCUT2D eigenvalue weighted by Crippen LogP contribution is -2.00. The molecule has 0 saturated heterocycles. The van der Waals surface area contributed by atoms with Gasteiger partial charge in [-0.15, -0.1) is 11.3 Å². The van der Waals surface area contributed by atoms with Gasteiger partial charge in [-0.1, -0.05) is 6.07 Å². The van der Waals surface area contributed by atoms with Crippen molar-refractivity contribution in [3.63, 3.8) is 0 Å². The monoisotopic (exact) mass is 344 g/mol. The summed E-state index contributed by atoms with van der Waals surface area (Å²) >= 11 is 4.87. The van der Waals surface area contributed by atoms with Crippen LogP contribution < -0.4 is 0 Å². The highest BCUT2D eigenvalue weighted by Gasteiger charge is 2.10. The molecule has 1 atom stereocenters. The molecule has 18 heavy (non-hydrogen) atoms. The van der Waals surface area contributed by atoms with Crippen LogP contribution in [-0.2, 0) is 16.6 Å². The van der Waals surface area contributed by atoms with E-state index in [2.05, 4.69) is 15.9 Å². The number of hydrogen-bond acceptors (Lipinski definition) is 3. The molecule has 0 saturated carbocycles. The first kappa shape index (κ1) is 13.5. The minimum absolute atomic E-state index is 0.160. The summed E-state index contributed by atoms with van der Waals surface area (Å²) in [6.45, 7) is 0. The maximum atomic E-state index is 12.1. The van der Waals surface area contributed by atoms with E-state index in [1.165, 1.54) is 23.5 Å². The summed E-state index contributed by atoms with van der Waals surface area (Å²) in [4.78, 5) is 12.4. The van der Waals surface area contributed by atoms with E-state index in [0.29, 0.717) is 10.6 Å². The summed E-state index contributed by atoms with van der Waals surface area (Å²) in [6.07, 6.45) is 0. The van der Waals surface area contributed by atoms with Gasteiger partial charge in [0.1, 0.15) is 0 Å². The van der Waals surface area contributed by atoms with Crippen molar-refractivity contribution in [2.24, 2.45) is 0 Å². The first-order valence-corrected chi connectivity index (χ1v) is 8.00. The second-order valence-corrected chi connectivity index (χ2v) is 6.92. The van der Waals surface area contributed by atoms with Crippen LogP contribution in [0.2, 0.25) is 0 Å². The highest BCUT2D eigenvalue weighted by atomic mass is 79.9. The normalized spacial score (nSPS) is 12.3. The molecular weight excluding hydrogens is 336 g/mol. The predicted molar refractivity (Wildman–Crippen MR) is 75.5 cm³/mol. The van der Waals surface area contributed by atoms with Crippen LogP contribution in [-0.4, -0.2) is 15.3 Å². The number of hydrogen-bond donors (Lipinski definition) is 1. The van der Waals surface area contributed by atoms with Gasteiger partial charge < -0.3 is 5.11 Å². The van der Waals surface area contributed by atoms with Crippen molar-refractivity contribution in [3.8, 4) is 0 Å². The number of carboxylic acids is 1. The Balaban J connectivity index is 2.18. The van der Waals surface area contributed by atoms with Gasteiger partial charge in [-0.2, -0.15) is 0 Å². The molecule has 0 fully saturated rings. The third-order valence-electron chi connectivity index (χ3n) is 2.24. The van der Waals surface area contributed by atoms with Crippen LogP contribution in [0.1, 0.15) is 15.2 Å². The molecule has 2 aromatic rings. The Kier molecular flexibility index (Phi) is 4.31. The smallest absolute Gasteiger partial charge is 0.335 e. The van der Waals surface area contributed by atoms with Gasteiger partial charge in [-0.25, -0.2) is 4.79 Å². The Morgan fingerprint density at radius 1 is 1.39 bits per heavy atom. The predicted octanol–water partition coefficient (Wildman–Crippen LogP) is 3.52. The Labute approximate surface area is 119 Å². The van der Waals surface area contributed by atoms with E-state index in [1.807, 2.05) is 11.4 Å². The lowest BCUT2D eigenvalue weighted by Gasteiger charge is -2.02. The SMILES string of the molecule is O=C(O)c1cccc(S(=O)Cc2cc(Br)cs2)c1. The molecular formula is C12H9BrO3S2. The molecule has 0 aliphatic rings. The fraction of sp³-hybridized carbons (Fsp3) is 0.0833. The van der Waals surface area contributed by atoms with Crippen LogP contribution in [0.4, 0.5) is 0 Å². The molecule has 6 heteroatoms. The molecule has 0 bridgehead atoms. The zero-order valence-corrected chi connectivity index (χ0v) is 12.3. The first-order valence-electron chi connectivity index (χ1n) is 5.01. The highest BCUT2D eigenvalue weighted by molar-refractivity contribution is 9.10. The summed E-state index contributed by atoms with van der Waals surface area (Å²) in [7, 11) is -1.22. The van der Waals surface area contributed by atoms with Gasteiger partial charge in [0.15, 0.2) is 0 Å². The third kappa shape index (κ3) is 3.28. The van der Waals surface area contributed by atoms with Crippen LogP contribution in [0.5, 0.6) is 0 Å². The van der Waals surface area contributed by atoms with Crippen molar-refractivity contribution >= 4 is 44.0 Å². The average Bonchev–Trinajstić information content (AvgIpc) is 2.75. The maximum Gasteiger partial charge on any atom is 0.335 e. The average molecular weight is 345 g/mol. The Bertz CT molecular complexity index is 607. The van der Waals surface area contributed by atoms with Crippen LogP contribution in [0.25, 0.3) is 0 Å². The van der Waals surface area contributed by atoms with Crippen LogP contribution >= 0.6 is 27.3 Å². The van der Waals surface area contributed by atoms with Gasteiger partial charge in [0.05, 0.1) is 22.1 Å². The highest BCUT2D eigenvalue weighted by Crippen LogP contribution is 2.23. The number of aromatic carboxylic acids is 1. The second kappa shape index (κ2) is 5.77. The molecule has 1 aromatic carbocycles. The van der Waals surface area contributed by atoms with Crippen LogP contribution in [0.3, 0.4) is 0 Å². The topological polar surface area (TPSA) is 54.4 Å². The van der Waals surface area contributed by atoms with Crippen molar-refractivity contribution in [1.29, 1.82) is 0 Å². The maximum absolute atomic E-state index is 12.1. The largest absolute Gasteiger partial charge is 0.478 e. The first-order chi connectivity index (χ1) is 8.56. The summed E-state index contributed by atoms with van der Waals surface area (Å²) in [5, 5.41) is 10.8. The molecule has 94 valence electrons. The van der Waals surface area contributed by atoms with Crippen LogP contribution in [0.15, 0.2) is 45.1 Å². The van der Waals surface area contributed by atoms with E-state index < -0.39 is 16.8 Å². The van der Waals surface area contributed by atoms with Crippen molar-refractivity contribution in [1.82, 2.24) is 0 Å². The van der Waals surface area contributed by atoms with E-state index >= 15 is 0 Å². The quantitative estimate of drug-likeness (QED) is 0.923. The third-order valence-corrected chi connectivity index (χ3v) is 5.47. The standard InChI is InChI=1S/C12H9BrO3S2/c13-9-5-10(17-6-9)7-18(16)11-3-1-2-8(4-11)12(14)15/h1-6H,7H2,(H,14,15). The Morgan fingerprint density at radius 3 is 2.78 bits per heavy atom. The Morgan fingerprint density at radius 2 is 2.17 bits per heavy atom. The molecule has 0 aliphatic carbocycles. The summed E-state index contributed by atoms with van der Waals surface area (Å²) in [5.74, 6) is -0.605. The lowest BCUT2D eigenvalue weighted by molar-refractivity contribution is 0.0696. The number of carboxylic acid groups (broad SMARTS) is 1. The van der Waals surface area contributed by atoms with E-state index in [1.54, 1.807) is 12.1 Å². The van der Waals surface area contributed by atoms with Gasteiger partial charge in [-0.3, -0.25) is 4.21 Å². The molecule has 1 N–H and O–H groups in total. The second-order valence-electron chi connectivity index (χ2n) is 3.55. The van der Waals surface area contributed by atoms with Gasteiger partial charge >= 0.3 is 5.97 Å². The van der Waals surface area contributed by atoms with Crippen molar-refractivity contribution < 1.29 is 14.1 Å². The van der Waals surface area contributed by atoms with Crippen molar-refractivity contribution in [3.05, 3.63) is 50.6 Å². The molecule has 0 amide bonds. The zero-order valence-electron chi connectivity index (χ0n) is 9.13. The molecule has 1 heterocycles. The minimum atomic E-state index is -1.22. The fourth-order valence-electron chi connectivity index (χ4n) is 1.41. The number of thiophene rings is 1. The van der Waals surface area contributed by atoms with E-state index in [-0.39, 0.29) is 5.56 Å².